The summed E-state index contributed by atoms with van der Waals surface area (Å²) in [7, 11) is 0. The molecule has 0 saturated heterocycles. The van der Waals surface area contributed by atoms with Crippen LogP contribution < -0.4 is 0 Å². The quantitative estimate of drug-likeness (QED) is 0.487. The Bertz CT molecular complexity index is 399. The van der Waals surface area contributed by atoms with E-state index in [1.807, 2.05) is 0 Å². The second-order valence-corrected chi connectivity index (χ2v) is 5.41. The maximum Gasteiger partial charge on any atom is 0.306 e. The topological polar surface area (TPSA) is 61.0 Å². The number of nitro groups is 1. The summed E-state index contributed by atoms with van der Waals surface area (Å²) in [4.78, 5) is 10.2. The fraction of sp³-hybridized carbons (Fsp3) is 0.727. The molecule has 6 heteroatoms. The molecule has 0 bridgehead atoms. The molecular formula is C11H16BrN3O2. The molecule has 2 rings (SSSR count). The zero-order valence-corrected chi connectivity index (χ0v) is 11.2. The summed E-state index contributed by atoms with van der Waals surface area (Å²) in [6.07, 6.45) is 8.99. The van der Waals surface area contributed by atoms with E-state index in [9.17, 15) is 10.1 Å². The van der Waals surface area contributed by atoms with Gasteiger partial charge in [-0.2, -0.15) is 5.10 Å². The van der Waals surface area contributed by atoms with Crippen LogP contribution in [0.1, 0.15) is 32.1 Å². The summed E-state index contributed by atoms with van der Waals surface area (Å²) in [6, 6.07) is 0. The summed E-state index contributed by atoms with van der Waals surface area (Å²) in [6.45, 7) is 0.770. The highest BCUT2D eigenvalue weighted by Crippen LogP contribution is 2.39. The highest BCUT2D eigenvalue weighted by Gasteiger charge is 2.32. The first-order valence-corrected chi connectivity index (χ1v) is 7.00. The molecule has 0 unspecified atom stereocenters. The van der Waals surface area contributed by atoms with Gasteiger partial charge in [0.1, 0.15) is 12.4 Å². The second-order valence-electron chi connectivity index (χ2n) is 4.85. The fourth-order valence-electron chi connectivity index (χ4n) is 2.51. The van der Waals surface area contributed by atoms with Gasteiger partial charge in [0.15, 0.2) is 0 Å². The van der Waals surface area contributed by atoms with Crippen molar-refractivity contribution >= 4 is 21.6 Å². The lowest BCUT2D eigenvalue weighted by Gasteiger charge is -2.35. The van der Waals surface area contributed by atoms with Crippen LogP contribution in [-0.2, 0) is 6.54 Å². The lowest BCUT2D eigenvalue weighted by molar-refractivity contribution is -0.385. The minimum absolute atomic E-state index is 0.0746. The van der Waals surface area contributed by atoms with Crippen LogP contribution in [0.25, 0.3) is 0 Å². The van der Waals surface area contributed by atoms with Gasteiger partial charge in [0.2, 0.25) is 0 Å². The van der Waals surface area contributed by atoms with Gasteiger partial charge in [0.25, 0.3) is 0 Å². The second kappa shape index (κ2) is 5.16. The molecule has 1 fully saturated rings. The third-order valence-corrected chi connectivity index (χ3v) is 4.72. The molecular weight excluding hydrogens is 286 g/mol. The Hall–Kier alpha value is -0.910. The fourth-order valence-corrected chi connectivity index (χ4v) is 3.25. The molecule has 1 saturated carbocycles. The van der Waals surface area contributed by atoms with Crippen LogP contribution in [0.4, 0.5) is 5.69 Å². The molecule has 1 aromatic heterocycles. The predicted octanol–water partition coefficient (Wildman–Crippen LogP) is 3.14. The van der Waals surface area contributed by atoms with Crippen molar-refractivity contribution in [1.82, 2.24) is 9.78 Å². The first-order chi connectivity index (χ1) is 8.15. The van der Waals surface area contributed by atoms with Crippen LogP contribution >= 0.6 is 15.9 Å². The minimum Gasteiger partial charge on any atom is -0.265 e. The van der Waals surface area contributed by atoms with Gasteiger partial charge in [-0.1, -0.05) is 35.2 Å². The molecule has 0 aliphatic heterocycles. The number of hydrogen-bond donors (Lipinski definition) is 0. The SMILES string of the molecule is O=[N+]([O-])c1cnn(CC2(CBr)CCCCC2)c1. The van der Waals surface area contributed by atoms with Crippen molar-refractivity contribution < 1.29 is 4.92 Å². The molecule has 0 radical (unpaired) electrons. The van der Waals surface area contributed by atoms with Gasteiger partial charge in [-0.3, -0.25) is 14.8 Å². The average molecular weight is 302 g/mol. The third kappa shape index (κ3) is 2.86. The monoisotopic (exact) mass is 301 g/mol. The van der Waals surface area contributed by atoms with E-state index in [1.54, 1.807) is 4.68 Å². The zero-order chi connectivity index (χ0) is 12.3. The average Bonchev–Trinajstić information content (AvgIpc) is 2.79. The maximum absolute atomic E-state index is 10.6. The van der Waals surface area contributed by atoms with Gasteiger partial charge in [-0.15, -0.1) is 0 Å². The Kier molecular flexibility index (Phi) is 3.81. The number of hydrogen-bond acceptors (Lipinski definition) is 3. The van der Waals surface area contributed by atoms with Crippen LogP contribution in [0.5, 0.6) is 0 Å². The summed E-state index contributed by atoms with van der Waals surface area (Å²) in [5.74, 6) is 0. The number of rotatable bonds is 4. The molecule has 0 atom stereocenters. The van der Waals surface area contributed by atoms with Crippen LogP contribution in [0.3, 0.4) is 0 Å². The van der Waals surface area contributed by atoms with Crippen molar-refractivity contribution in [3.63, 3.8) is 0 Å². The van der Waals surface area contributed by atoms with Crippen molar-refractivity contribution in [2.24, 2.45) is 5.41 Å². The smallest absolute Gasteiger partial charge is 0.265 e. The molecule has 94 valence electrons. The summed E-state index contributed by atoms with van der Waals surface area (Å²) in [5.41, 5.74) is 0.295. The standard InChI is InChI=1S/C11H16BrN3O2/c12-8-11(4-2-1-3-5-11)9-14-7-10(6-13-14)15(16)17/h6-7H,1-5,8-9H2. The van der Waals surface area contributed by atoms with Gasteiger partial charge >= 0.3 is 5.69 Å². The summed E-state index contributed by atoms with van der Waals surface area (Å²) >= 11 is 3.59. The molecule has 1 aliphatic rings. The Balaban J connectivity index is 2.09. The number of halogens is 1. The molecule has 1 aromatic rings. The number of nitrogens with zero attached hydrogens (tertiary/aromatic N) is 3. The molecule has 5 nitrogen and oxygen atoms in total. The van der Waals surface area contributed by atoms with Crippen molar-refractivity contribution in [1.29, 1.82) is 0 Å². The van der Waals surface area contributed by atoms with E-state index < -0.39 is 4.92 Å². The van der Waals surface area contributed by atoms with E-state index >= 15 is 0 Å². The van der Waals surface area contributed by atoms with E-state index in [0.29, 0.717) is 0 Å². The van der Waals surface area contributed by atoms with Crippen LogP contribution in [0, 0.1) is 15.5 Å². The Morgan fingerprint density at radius 3 is 2.71 bits per heavy atom. The van der Waals surface area contributed by atoms with Gasteiger partial charge in [0, 0.05) is 11.9 Å². The third-order valence-electron chi connectivity index (χ3n) is 3.53. The molecule has 0 spiro atoms. The first-order valence-electron chi connectivity index (χ1n) is 5.88. The van der Waals surface area contributed by atoms with Crippen molar-refractivity contribution in [3.05, 3.63) is 22.5 Å². The Morgan fingerprint density at radius 2 is 2.18 bits per heavy atom. The minimum atomic E-state index is -0.398. The summed E-state index contributed by atoms with van der Waals surface area (Å²) < 4.78 is 1.71. The van der Waals surface area contributed by atoms with E-state index in [1.165, 1.54) is 44.5 Å². The Morgan fingerprint density at radius 1 is 1.47 bits per heavy atom. The van der Waals surface area contributed by atoms with Gasteiger partial charge < -0.3 is 0 Å². The van der Waals surface area contributed by atoms with Crippen molar-refractivity contribution in [2.45, 2.75) is 38.6 Å². The highest BCUT2D eigenvalue weighted by atomic mass is 79.9. The van der Waals surface area contributed by atoms with Gasteiger partial charge in [-0.05, 0) is 18.3 Å². The van der Waals surface area contributed by atoms with Crippen LogP contribution in [-0.4, -0.2) is 20.0 Å². The van der Waals surface area contributed by atoms with E-state index in [2.05, 4.69) is 21.0 Å². The van der Waals surface area contributed by atoms with E-state index in [4.69, 9.17) is 0 Å². The molecule has 17 heavy (non-hydrogen) atoms. The molecule has 1 aliphatic carbocycles. The molecule has 1 heterocycles. The number of alkyl halides is 1. The number of aromatic nitrogens is 2. The highest BCUT2D eigenvalue weighted by molar-refractivity contribution is 9.09. The van der Waals surface area contributed by atoms with E-state index in [-0.39, 0.29) is 11.1 Å². The molecule has 0 N–H and O–H groups in total. The van der Waals surface area contributed by atoms with Gasteiger partial charge in [0.05, 0.1) is 4.92 Å². The first kappa shape index (κ1) is 12.5. The normalized spacial score (nSPS) is 19.1. The lowest BCUT2D eigenvalue weighted by atomic mass is 9.76. The summed E-state index contributed by atoms with van der Waals surface area (Å²) in [5, 5.41) is 15.6. The zero-order valence-electron chi connectivity index (χ0n) is 9.64. The Labute approximate surface area is 108 Å². The van der Waals surface area contributed by atoms with Crippen molar-refractivity contribution in [2.75, 3.05) is 5.33 Å². The van der Waals surface area contributed by atoms with Crippen molar-refractivity contribution in [3.8, 4) is 0 Å². The predicted molar refractivity (Wildman–Crippen MR) is 68.2 cm³/mol. The van der Waals surface area contributed by atoms with Gasteiger partial charge in [-0.25, -0.2) is 0 Å². The molecule has 0 amide bonds. The molecule has 0 aromatic carbocycles. The lowest BCUT2D eigenvalue weighted by Crippen LogP contribution is -2.31. The largest absolute Gasteiger partial charge is 0.306 e. The van der Waals surface area contributed by atoms with E-state index in [0.717, 1.165) is 11.9 Å². The van der Waals surface area contributed by atoms with Crippen LogP contribution in [0.15, 0.2) is 12.4 Å². The maximum atomic E-state index is 10.6. The van der Waals surface area contributed by atoms with Crippen LogP contribution in [0.2, 0.25) is 0 Å².